The first-order valence-corrected chi connectivity index (χ1v) is 9.05. The second-order valence-electron chi connectivity index (χ2n) is 6.28. The van der Waals surface area contributed by atoms with Crippen LogP contribution in [0.4, 0.5) is 0 Å². The zero-order chi connectivity index (χ0) is 17.1. The Labute approximate surface area is 145 Å². The maximum Gasteiger partial charge on any atom is 0.246 e. The highest BCUT2D eigenvalue weighted by atomic mass is 32.1. The fourth-order valence-corrected chi connectivity index (χ4v) is 3.61. The first-order valence-electron chi connectivity index (χ1n) is 8.17. The number of amides is 2. The van der Waals surface area contributed by atoms with E-state index in [2.05, 4.69) is 16.5 Å². The number of nitrogens with one attached hydrogen (secondary N) is 1. The monoisotopic (exact) mass is 346 g/mol. The molecule has 3 rings (SSSR count). The molecule has 0 saturated heterocycles. The summed E-state index contributed by atoms with van der Waals surface area (Å²) in [5, 5.41) is 9.29. The Morgan fingerprint density at radius 2 is 2.25 bits per heavy atom. The van der Waals surface area contributed by atoms with E-state index in [4.69, 9.17) is 0 Å². The van der Waals surface area contributed by atoms with E-state index in [1.165, 1.54) is 4.88 Å². The summed E-state index contributed by atoms with van der Waals surface area (Å²) in [6.07, 6.45) is 2.50. The molecule has 0 aliphatic carbocycles. The molecule has 0 radical (unpaired) electrons. The quantitative estimate of drug-likeness (QED) is 0.898. The van der Waals surface area contributed by atoms with E-state index in [1.807, 2.05) is 31.4 Å². The molecule has 2 aromatic heterocycles. The molecule has 1 unspecified atom stereocenters. The van der Waals surface area contributed by atoms with Crippen molar-refractivity contribution in [3.05, 3.63) is 40.3 Å². The van der Waals surface area contributed by atoms with E-state index >= 15 is 0 Å². The first kappa shape index (κ1) is 16.7. The van der Waals surface area contributed by atoms with E-state index in [-0.39, 0.29) is 17.7 Å². The molecule has 1 N–H and O–H groups in total. The average Bonchev–Trinajstić information content (AvgIpc) is 3.24. The molecule has 128 valence electrons. The molecule has 1 atom stereocenters. The number of nitrogens with zero attached hydrogens (tertiary/aromatic N) is 3. The molecule has 2 aromatic rings. The van der Waals surface area contributed by atoms with Crippen molar-refractivity contribution in [2.24, 2.45) is 5.92 Å². The number of carbonyl (C=O) groups is 2. The third-order valence-electron chi connectivity index (χ3n) is 4.15. The lowest BCUT2D eigenvalue weighted by Gasteiger charge is -2.34. The van der Waals surface area contributed by atoms with E-state index in [0.717, 1.165) is 12.1 Å². The lowest BCUT2D eigenvalue weighted by atomic mass is 10.1. The molecule has 3 heterocycles. The van der Waals surface area contributed by atoms with Gasteiger partial charge in [0.25, 0.3) is 0 Å². The molecule has 6 nitrogen and oxygen atoms in total. The van der Waals surface area contributed by atoms with E-state index in [1.54, 1.807) is 27.1 Å². The Hall–Kier alpha value is -2.15. The summed E-state index contributed by atoms with van der Waals surface area (Å²) >= 11 is 1.69. The van der Waals surface area contributed by atoms with Crippen molar-refractivity contribution in [1.82, 2.24) is 20.0 Å². The van der Waals surface area contributed by atoms with Crippen LogP contribution in [0.3, 0.4) is 0 Å². The van der Waals surface area contributed by atoms with Crippen LogP contribution in [0.15, 0.2) is 29.8 Å². The van der Waals surface area contributed by atoms with Crippen molar-refractivity contribution in [2.45, 2.75) is 32.9 Å². The summed E-state index contributed by atoms with van der Waals surface area (Å²) in [7, 11) is 0. The van der Waals surface area contributed by atoms with Gasteiger partial charge in [-0.1, -0.05) is 19.9 Å². The van der Waals surface area contributed by atoms with Crippen molar-refractivity contribution in [3.63, 3.8) is 0 Å². The van der Waals surface area contributed by atoms with Gasteiger partial charge in [-0.3, -0.25) is 14.3 Å². The Morgan fingerprint density at radius 1 is 1.42 bits per heavy atom. The van der Waals surface area contributed by atoms with Gasteiger partial charge in [-0.05, 0) is 23.9 Å². The number of hydrogen-bond donors (Lipinski definition) is 1. The van der Waals surface area contributed by atoms with Crippen LogP contribution in [0.1, 0.15) is 30.5 Å². The molecular weight excluding hydrogens is 324 g/mol. The normalized spacial score (nSPS) is 17.0. The predicted octanol–water partition coefficient (Wildman–Crippen LogP) is 1.84. The SMILES string of the molecule is CC(C)C(=O)N1Cc2ccnn2C(C(=O)NCCc2cccs2)C1. The minimum Gasteiger partial charge on any atom is -0.354 e. The predicted molar refractivity (Wildman–Crippen MR) is 92.6 cm³/mol. The second kappa shape index (κ2) is 7.17. The molecule has 1 aliphatic heterocycles. The van der Waals surface area contributed by atoms with E-state index in [9.17, 15) is 9.59 Å². The smallest absolute Gasteiger partial charge is 0.246 e. The van der Waals surface area contributed by atoms with Crippen molar-refractivity contribution in [3.8, 4) is 0 Å². The molecule has 0 saturated carbocycles. The lowest BCUT2D eigenvalue weighted by Crippen LogP contribution is -2.48. The maximum atomic E-state index is 12.6. The molecule has 0 aromatic carbocycles. The largest absolute Gasteiger partial charge is 0.354 e. The Balaban J connectivity index is 1.66. The van der Waals surface area contributed by atoms with Gasteiger partial charge in [0.15, 0.2) is 0 Å². The second-order valence-corrected chi connectivity index (χ2v) is 7.31. The zero-order valence-corrected chi connectivity index (χ0v) is 14.8. The van der Waals surface area contributed by atoms with Gasteiger partial charge < -0.3 is 10.2 Å². The fraction of sp³-hybridized carbons (Fsp3) is 0.471. The molecule has 0 bridgehead atoms. The van der Waals surface area contributed by atoms with Gasteiger partial charge in [-0.15, -0.1) is 11.3 Å². The van der Waals surface area contributed by atoms with Crippen LogP contribution in [0.5, 0.6) is 0 Å². The topological polar surface area (TPSA) is 67.2 Å². The maximum absolute atomic E-state index is 12.6. The van der Waals surface area contributed by atoms with Crippen LogP contribution in [-0.2, 0) is 22.6 Å². The van der Waals surface area contributed by atoms with Crippen LogP contribution >= 0.6 is 11.3 Å². The molecule has 2 amide bonds. The Bertz CT molecular complexity index is 708. The zero-order valence-electron chi connectivity index (χ0n) is 13.9. The molecule has 24 heavy (non-hydrogen) atoms. The molecule has 0 spiro atoms. The van der Waals surface area contributed by atoms with Gasteiger partial charge in [0.05, 0.1) is 18.8 Å². The summed E-state index contributed by atoms with van der Waals surface area (Å²) in [4.78, 5) is 28.0. The van der Waals surface area contributed by atoms with Gasteiger partial charge in [0.2, 0.25) is 11.8 Å². The van der Waals surface area contributed by atoms with Gasteiger partial charge in [0, 0.05) is 23.5 Å². The number of aromatic nitrogens is 2. The highest BCUT2D eigenvalue weighted by Gasteiger charge is 2.33. The number of thiophene rings is 1. The molecule has 0 fully saturated rings. The summed E-state index contributed by atoms with van der Waals surface area (Å²) in [6.45, 7) is 5.23. The molecule has 7 heteroatoms. The van der Waals surface area contributed by atoms with Crippen molar-refractivity contribution in [2.75, 3.05) is 13.1 Å². The summed E-state index contributed by atoms with van der Waals surface area (Å²) in [5.41, 5.74) is 0.897. The molecule has 1 aliphatic rings. The van der Waals surface area contributed by atoms with Gasteiger partial charge in [0.1, 0.15) is 6.04 Å². The third-order valence-corrected chi connectivity index (χ3v) is 5.09. The number of hydrogen-bond acceptors (Lipinski definition) is 4. The van der Waals surface area contributed by atoms with Crippen molar-refractivity contribution >= 4 is 23.2 Å². The average molecular weight is 346 g/mol. The number of carbonyl (C=O) groups excluding carboxylic acids is 2. The van der Waals surface area contributed by atoms with Crippen LogP contribution in [0, 0.1) is 5.92 Å². The summed E-state index contributed by atoms with van der Waals surface area (Å²) in [5.74, 6) is -0.0985. The lowest BCUT2D eigenvalue weighted by molar-refractivity contribution is -0.138. The minimum atomic E-state index is -0.463. The Morgan fingerprint density at radius 3 is 2.96 bits per heavy atom. The third kappa shape index (κ3) is 3.51. The van der Waals surface area contributed by atoms with Gasteiger partial charge in [-0.2, -0.15) is 5.10 Å². The van der Waals surface area contributed by atoms with Crippen LogP contribution < -0.4 is 5.32 Å². The highest BCUT2D eigenvalue weighted by Crippen LogP contribution is 2.22. The number of fused-ring (bicyclic) bond motifs is 1. The van der Waals surface area contributed by atoms with Crippen LogP contribution in [0.25, 0.3) is 0 Å². The van der Waals surface area contributed by atoms with Gasteiger partial charge >= 0.3 is 0 Å². The Kier molecular flexibility index (Phi) is 4.99. The van der Waals surface area contributed by atoms with Crippen LogP contribution in [-0.4, -0.2) is 39.6 Å². The first-order chi connectivity index (χ1) is 11.6. The van der Waals surface area contributed by atoms with Crippen LogP contribution in [0.2, 0.25) is 0 Å². The van der Waals surface area contributed by atoms with Crippen molar-refractivity contribution in [1.29, 1.82) is 0 Å². The summed E-state index contributed by atoms with van der Waals surface area (Å²) in [6, 6.07) is 5.47. The standard InChI is InChI=1S/C17H22N4O2S/c1-12(2)17(23)20-10-13-5-8-19-21(13)15(11-20)16(22)18-7-6-14-4-3-9-24-14/h3-5,8-9,12,15H,6-7,10-11H2,1-2H3,(H,18,22). The van der Waals surface area contributed by atoms with E-state index in [0.29, 0.717) is 19.6 Å². The molecular formula is C17H22N4O2S. The minimum absolute atomic E-state index is 0.0684. The van der Waals surface area contributed by atoms with Gasteiger partial charge in [-0.25, -0.2) is 0 Å². The highest BCUT2D eigenvalue weighted by molar-refractivity contribution is 7.09. The van der Waals surface area contributed by atoms with Crippen molar-refractivity contribution < 1.29 is 9.59 Å². The fourth-order valence-electron chi connectivity index (χ4n) is 2.90. The number of rotatable bonds is 5. The summed E-state index contributed by atoms with van der Waals surface area (Å²) < 4.78 is 1.74. The van der Waals surface area contributed by atoms with E-state index < -0.39 is 6.04 Å².